The van der Waals surface area contributed by atoms with Gasteiger partial charge < -0.3 is 14.2 Å². The number of hydrogen-bond donors (Lipinski definition) is 0. The molecule has 0 atom stereocenters. The van der Waals surface area contributed by atoms with Gasteiger partial charge >= 0.3 is 17.9 Å². The molecule has 26 heavy (non-hydrogen) atoms. The number of carbonyl (C=O) groups excluding carboxylic acids is 3. The lowest BCUT2D eigenvalue weighted by molar-refractivity contribution is -0.175. The summed E-state index contributed by atoms with van der Waals surface area (Å²) in [5.41, 5.74) is -0.758. The molecule has 0 spiro atoms. The van der Waals surface area contributed by atoms with Crippen LogP contribution in [0.3, 0.4) is 0 Å². The van der Waals surface area contributed by atoms with Crippen LogP contribution in [0.1, 0.15) is 53.4 Å². The number of ether oxygens (including phenoxy) is 3. The van der Waals surface area contributed by atoms with Crippen molar-refractivity contribution in [1.29, 1.82) is 0 Å². The Labute approximate surface area is 149 Å². The van der Waals surface area contributed by atoms with Crippen molar-refractivity contribution >= 4 is 17.9 Å². The second-order valence-electron chi connectivity index (χ2n) is 6.55. The van der Waals surface area contributed by atoms with Gasteiger partial charge in [-0.05, 0) is 27.2 Å². The maximum absolute atomic E-state index is 13.2. The second-order valence-corrected chi connectivity index (χ2v) is 6.55. The van der Waals surface area contributed by atoms with Crippen molar-refractivity contribution in [2.75, 3.05) is 13.4 Å². The quantitative estimate of drug-likeness (QED) is 0.233. The van der Waals surface area contributed by atoms with Gasteiger partial charge in [-0.1, -0.05) is 6.92 Å². The Kier molecular flexibility index (Phi) is 9.03. The molecule has 0 N–H and O–H groups in total. The minimum absolute atomic E-state index is 0.359. The molecule has 0 unspecified atom stereocenters. The van der Waals surface area contributed by atoms with Gasteiger partial charge in [-0.3, -0.25) is 14.4 Å². The molecule has 0 fully saturated rings. The number of esters is 3. The summed E-state index contributed by atoms with van der Waals surface area (Å²) in [5.74, 6) is -10.1. The summed E-state index contributed by atoms with van der Waals surface area (Å²) in [6.07, 6.45) is -3.15. The fourth-order valence-corrected chi connectivity index (χ4v) is 1.57. The van der Waals surface area contributed by atoms with Crippen molar-refractivity contribution in [2.45, 2.75) is 65.2 Å². The summed E-state index contributed by atoms with van der Waals surface area (Å²) < 4.78 is 65.1. The Morgan fingerprint density at radius 1 is 0.885 bits per heavy atom. The van der Waals surface area contributed by atoms with Crippen LogP contribution >= 0.6 is 0 Å². The highest BCUT2D eigenvalue weighted by Gasteiger charge is 2.39. The second kappa shape index (κ2) is 9.72. The molecule has 0 radical (unpaired) electrons. The molecular weight excluding hydrogens is 364 g/mol. The molecule has 0 aromatic rings. The van der Waals surface area contributed by atoms with Crippen LogP contribution in [-0.4, -0.2) is 43.2 Å². The molecule has 0 aromatic heterocycles. The highest BCUT2D eigenvalue weighted by molar-refractivity contribution is 5.91. The van der Waals surface area contributed by atoms with Gasteiger partial charge in [-0.2, -0.15) is 0 Å². The first-order valence-electron chi connectivity index (χ1n) is 7.93. The minimum atomic E-state index is -3.71. The Morgan fingerprint density at radius 3 is 1.92 bits per heavy atom. The van der Waals surface area contributed by atoms with E-state index >= 15 is 0 Å². The highest BCUT2D eigenvalue weighted by atomic mass is 19.3. The minimum Gasteiger partial charge on any atom is -0.465 e. The van der Waals surface area contributed by atoms with Crippen molar-refractivity contribution in [3.8, 4) is 0 Å². The third-order valence-electron chi connectivity index (χ3n) is 3.43. The van der Waals surface area contributed by atoms with Gasteiger partial charge in [0, 0.05) is 6.42 Å². The van der Waals surface area contributed by atoms with Gasteiger partial charge in [0.1, 0.15) is 6.42 Å². The smallest absolute Gasteiger partial charge is 0.320 e. The molecule has 6 nitrogen and oxygen atoms in total. The van der Waals surface area contributed by atoms with Crippen LogP contribution in [-0.2, 0) is 28.6 Å². The number of halogens is 4. The average Bonchev–Trinajstić information content (AvgIpc) is 2.43. The van der Waals surface area contributed by atoms with Gasteiger partial charge in [-0.15, -0.1) is 0 Å². The lowest BCUT2D eigenvalue weighted by Gasteiger charge is -2.20. The normalized spacial score (nSPS) is 12.5. The number of hydrogen-bond acceptors (Lipinski definition) is 6. The van der Waals surface area contributed by atoms with Gasteiger partial charge in [0.2, 0.25) is 6.79 Å². The fourth-order valence-electron chi connectivity index (χ4n) is 1.57. The molecule has 0 aliphatic heterocycles. The summed E-state index contributed by atoms with van der Waals surface area (Å²) in [6.45, 7) is 3.89. The van der Waals surface area contributed by atoms with E-state index in [1.165, 1.54) is 0 Å². The lowest BCUT2D eigenvalue weighted by atomic mass is 9.91. The molecule has 10 heteroatoms. The summed E-state index contributed by atoms with van der Waals surface area (Å²) in [4.78, 5) is 34.2. The molecular formula is C16H24F4O6. The van der Waals surface area contributed by atoms with Crippen molar-refractivity contribution in [2.24, 2.45) is 5.41 Å². The lowest BCUT2D eigenvalue weighted by Crippen LogP contribution is -2.29. The largest absolute Gasteiger partial charge is 0.465 e. The zero-order valence-corrected chi connectivity index (χ0v) is 15.2. The first kappa shape index (κ1) is 24.1. The van der Waals surface area contributed by atoms with Crippen molar-refractivity contribution in [1.82, 2.24) is 0 Å². The van der Waals surface area contributed by atoms with E-state index < -0.39 is 67.8 Å². The van der Waals surface area contributed by atoms with E-state index in [1.54, 1.807) is 20.8 Å². The van der Waals surface area contributed by atoms with Crippen LogP contribution in [0.15, 0.2) is 0 Å². The molecule has 0 amide bonds. The topological polar surface area (TPSA) is 78.9 Å². The molecule has 0 heterocycles. The van der Waals surface area contributed by atoms with Crippen LogP contribution in [0.5, 0.6) is 0 Å². The molecule has 0 saturated heterocycles. The van der Waals surface area contributed by atoms with Crippen LogP contribution in [0.2, 0.25) is 0 Å². The van der Waals surface area contributed by atoms with E-state index in [-0.39, 0.29) is 0 Å². The molecule has 0 bridgehead atoms. The summed E-state index contributed by atoms with van der Waals surface area (Å²) in [7, 11) is 0. The van der Waals surface area contributed by atoms with Gasteiger partial charge in [0.05, 0.1) is 18.4 Å². The standard InChI is InChI=1S/C16H24F4O6/c1-5-14(2,3)13(23)26-10-25-12(22)8-11(21)24-7-6-16(19,20)9-15(4,17)18/h5-10H2,1-4H3. The van der Waals surface area contributed by atoms with Crippen molar-refractivity contribution in [3.05, 3.63) is 0 Å². The molecule has 0 saturated carbocycles. The predicted molar refractivity (Wildman–Crippen MR) is 81.5 cm³/mol. The fraction of sp³-hybridized carbons (Fsp3) is 0.812. The van der Waals surface area contributed by atoms with Gasteiger partial charge in [0.25, 0.3) is 11.8 Å². The Morgan fingerprint density at radius 2 is 1.42 bits per heavy atom. The zero-order chi connectivity index (χ0) is 20.6. The van der Waals surface area contributed by atoms with E-state index in [1.807, 2.05) is 0 Å². The van der Waals surface area contributed by atoms with E-state index in [2.05, 4.69) is 9.47 Å². The third kappa shape index (κ3) is 10.9. The molecule has 0 aliphatic rings. The van der Waals surface area contributed by atoms with Gasteiger partial charge in [0.15, 0.2) is 0 Å². The maximum atomic E-state index is 13.2. The van der Waals surface area contributed by atoms with E-state index in [0.29, 0.717) is 13.3 Å². The van der Waals surface area contributed by atoms with E-state index in [9.17, 15) is 31.9 Å². The monoisotopic (exact) mass is 388 g/mol. The van der Waals surface area contributed by atoms with E-state index in [0.717, 1.165) is 0 Å². The van der Waals surface area contributed by atoms with Crippen molar-refractivity contribution < 1.29 is 46.2 Å². The maximum Gasteiger partial charge on any atom is 0.320 e. The summed E-state index contributed by atoms with van der Waals surface area (Å²) in [5, 5.41) is 0. The van der Waals surface area contributed by atoms with Crippen LogP contribution in [0, 0.1) is 5.41 Å². The Bertz CT molecular complexity index is 499. The molecule has 0 aromatic carbocycles. The number of carbonyl (C=O) groups is 3. The molecule has 0 rings (SSSR count). The van der Waals surface area contributed by atoms with Crippen LogP contribution in [0.25, 0.3) is 0 Å². The SMILES string of the molecule is CCC(C)(C)C(=O)OCOC(=O)CC(=O)OCCC(F)(F)CC(C)(F)F. The van der Waals surface area contributed by atoms with Crippen LogP contribution < -0.4 is 0 Å². The van der Waals surface area contributed by atoms with E-state index in [4.69, 9.17) is 4.74 Å². The molecule has 0 aliphatic carbocycles. The first-order chi connectivity index (χ1) is 11.7. The van der Waals surface area contributed by atoms with Crippen molar-refractivity contribution in [3.63, 3.8) is 0 Å². The Balaban J connectivity index is 4.07. The first-order valence-corrected chi connectivity index (χ1v) is 7.93. The van der Waals surface area contributed by atoms with Crippen LogP contribution in [0.4, 0.5) is 17.6 Å². The van der Waals surface area contributed by atoms with Gasteiger partial charge in [-0.25, -0.2) is 17.6 Å². The average molecular weight is 388 g/mol. The third-order valence-corrected chi connectivity index (χ3v) is 3.43. The Hall–Kier alpha value is -1.87. The summed E-state index contributed by atoms with van der Waals surface area (Å²) >= 11 is 0. The highest BCUT2D eigenvalue weighted by Crippen LogP contribution is 2.32. The predicted octanol–water partition coefficient (Wildman–Crippen LogP) is 3.47. The molecule has 152 valence electrons. The summed E-state index contributed by atoms with van der Waals surface area (Å²) in [6, 6.07) is 0. The number of rotatable bonds is 11. The number of alkyl halides is 4. The zero-order valence-electron chi connectivity index (χ0n) is 15.2.